The molecule has 3 aromatic rings. The van der Waals surface area contributed by atoms with Crippen molar-refractivity contribution in [2.75, 3.05) is 0 Å². The van der Waals surface area contributed by atoms with E-state index >= 15 is 0 Å². The van der Waals surface area contributed by atoms with Gasteiger partial charge in [-0.25, -0.2) is 0 Å². The first kappa shape index (κ1) is 20.7. The molecule has 0 aliphatic heterocycles. The van der Waals surface area contributed by atoms with Gasteiger partial charge in [-0.05, 0) is 48.6 Å². The first-order valence-electron chi connectivity index (χ1n) is 10.7. The Morgan fingerprint density at radius 3 is 2.21 bits per heavy atom. The molecule has 0 aliphatic carbocycles. The average Bonchev–Trinajstić information content (AvgIpc) is 3.01. The molecule has 1 heterocycles. The topological polar surface area (TPSA) is 4.93 Å². The number of benzene rings is 2. The van der Waals surface area contributed by atoms with Crippen LogP contribution in [0.5, 0.6) is 0 Å². The minimum atomic E-state index is 0.794. The summed E-state index contributed by atoms with van der Waals surface area (Å²) in [5, 5.41) is 0.794. The van der Waals surface area contributed by atoms with Crippen molar-refractivity contribution in [1.29, 1.82) is 0 Å². The van der Waals surface area contributed by atoms with Gasteiger partial charge in [0.15, 0.2) is 0 Å². The zero-order chi connectivity index (χ0) is 19.8. The van der Waals surface area contributed by atoms with Gasteiger partial charge in [-0.15, -0.1) is 0 Å². The molecule has 3 rings (SSSR count). The quantitative estimate of drug-likeness (QED) is 0.307. The second-order valence-corrected chi connectivity index (χ2v) is 8.19. The van der Waals surface area contributed by atoms with Gasteiger partial charge in [0.1, 0.15) is 0 Å². The summed E-state index contributed by atoms with van der Waals surface area (Å²) in [6.45, 7) is 5.44. The van der Waals surface area contributed by atoms with Crippen LogP contribution in [0.1, 0.15) is 62.3 Å². The van der Waals surface area contributed by atoms with Crippen LogP contribution in [0.15, 0.2) is 60.8 Å². The van der Waals surface area contributed by atoms with Crippen LogP contribution in [0, 0.1) is 6.92 Å². The summed E-state index contributed by atoms with van der Waals surface area (Å²) in [7, 11) is 0. The highest BCUT2D eigenvalue weighted by Crippen LogP contribution is 2.32. The highest BCUT2D eigenvalue weighted by molar-refractivity contribution is 6.30. The summed E-state index contributed by atoms with van der Waals surface area (Å²) in [6, 6.07) is 19.0. The van der Waals surface area contributed by atoms with E-state index < -0.39 is 0 Å². The van der Waals surface area contributed by atoms with Gasteiger partial charge in [0.05, 0.1) is 0 Å². The monoisotopic (exact) mass is 393 g/mol. The van der Waals surface area contributed by atoms with E-state index in [0.717, 1.165) is 18.0 Å². The van der Waals surface area contributed by atoms with E-state index in [1.165, 1.54) is 66.5 Å². The third-order valence-corrected chi connectivity index (χ3v) is 5.81. The molecule has 0 radical (unpaired) electrons. The molecule has 2 aromatic carbocycles. The number of unbranched alkanes of at least 4 members (excludes halogenated alkanes) is 5. The van der Waals surface area contributed by atoms with E-state index in [2.05, 4.69) is 67.1 Å². The van der Waals surface area contributed by atoms with Crippen molar-refractivity contribution in [2.45, 2.75) is 65.3 Å². The number of nitrogens with zero attached hydrogens (tertiary/aromatic N) is 1. The molecule has 0 saturated carbocycles. The molecule has 0 atom stereocenters. The Kier molecular flexibility index (Phi) is 7.80. The van der Waals surface area contributed by atoms with Crippen LogP contribution in [0.25, 0.3) is 11.1 Å². The van der Waals surface area contributed by atoms with Gasteiger partial charge < -0.3 is 4.57 Å². The Bertz CT molecular complexity index is 846. The van der Waals surface area contributed by atoms with E-state index in [-0.39, 0.29) is 0 Å². The number of rotatable bonds is 10. The van der Waals surface area contributed by atoms with Crippen LogP contribution in [0.3, 0.4) is 0 Å². The van der Waals surface area contributed by atoms with Gasteiger partial charge in [0.25, 0.3) is 0 Å². The highest BCUT2D eigenvalue weighted by atomic mass is 35.5. The second-order valence-electron chi connectivity index (χ2n) is 7.75. The highest BCUT2D eigenvalue weighted by Gasteiger charge is 2.14. The smallest absolute Gasteiger partial charge is 0.0473 e. The largest absolute Gasteiger partial charge is 0.346 e. The molecule has 0 saturated heterocycles. The summed E-state index contributed by atoms with van der Waals surface area (Å²) in [5.41, 5.74) is 6.81. The van der Waals surface area contributed by atoms with Crippen molar-refractivity contribution < 1.29 is 0 Å². The van der Waals surface area contributed by atoms with Crippen molar-refractivity contribution in [3.63, 3.8) is 0 Å². The maximum atomic E-state index is 6.13. The molecule has 1 aromatic heterocycles. The molecule has 0 spiro atoms. The van der Waals surface area contributed by atoms with Gasteiger partial charge in [0.2, 0.25) is 0 Å². The Labute approximate surface area is 175 Å². The van der Waals surface area contributed by atoms with Crippen LogP contribution in [0.2, 0.25) is 5.02 Å². The molecular weight excluding hydrogens is 362 g/mol. The fourth-order valence-electron chi connectivity index (χ4n) is 3.97. The van der Waals surface area contributed by atoms with Crippen molar-refractivity contribution in [1.82, 2.24) is 4.57 Å². The van der Waals surface area contributed by atoms with Crippen molar-refractivity contribution in [2.24, 2.45) is 0 Å². The van der Waals surface area contributed by atoms with E-state index in [4.69, 9.17) is 11.6 Å². The van der Waals surface area contributed by atoms with Crippen molar-refractivity contribution in [3.8, 4) is 11.1 Å². The fourth-order valence-corrected chi connectivity index (χ4v) is 4.09. The maximum Gasteiger partial charge on any atom is 0.0473 e. The molecule has 0 amide bonds. The van der Waals surface area contributed by atoms with Gasteiger partial charge in [0, 0.05) is 29.0 Å². The first-order chi connectivity index (χ1) is 13.7. The maximum absolute atomic E-state index is 6.13. The Morgan fingerprint density at radius 1 is 0.821 bits per heavy atom. The number of halogens is 1. The standard InChI is InChI=1S/C26H32ClN/c1-3-4-5-6-7-11-14-24-20-28(19-22-12-9-8-10-13-22)21(2)26(24)23-15-17-25(27)18-16-23/h8-10,12-13,15-18,20H,3-7,11,14,19H2,1-2H3. The summed E-state index contributed by atoms with van der Waals surface area (Å²) in [4.78, 5) is 0. The van der Waals surface area contributed by atoms with Crippen LogP contribution in [0.4, 0.5) is 0 Å². The zero-order valence-electron chi connectivity index (χ0n) is 17.3. The van der Waals surface area contributed by atoms with Crippen LogP contribution in [-0.4, -0.2) is 4.57 Å². The normalized spacial score (nSPS) is 11.1. The minimum Gasteiger partial charge on any atom is -0.346 e. The van der Waals surface area contributed by atoms with Gasteiger partial charge in [-0.1, -0.05) is 93.1 Å². The lowest BCUT2D eigenvalue weighted by molar-refractivity contribution is 0.607. The van der Waals surface area contributed by atoms with Gasteiger partial charge >= 0.3 is 0 Å². The third-order valence-electron chi connectivity index (χ3n) is 5.55. The van der Waals surface area contributed by atoms with Crippen LogP contribution < -0.4 is 0 Å². The summed E-state index contributed by atoms with van der Waals surface area (Å²) in [6.07, 6.45) is 11.5. The fraction of sp³-hybridized carbons (Fsp3) is 0.385. The molecule has 2 heteroatoms. The van der Waals surface area contributed by atoms with Crippen LogP contribution >= 0.6 is 11.6 Å². The molecule has 1 nitrogen and oxygen atoms in total. The van der Waals surface area contributed by atoms with E-state index in [1.54, 1.807) is 0 Å². The van der Waals surface area contributed by atoms with Gasteiger partial charge in [-0.2, -0.15) is 0 Å². The molecular formula is C26H32ClN. The Morgan fingerprint density at radius 2 is 1.50 bits per heavy atom. The third kappa shape index (κ3) is 5.52. The summed E-state index contributed by atoms with van der Waals surface area (Å²) >= 11 is 6.13. The molecule has 0 aliphatic rings. The molecule has 148 valence electrons. The lowest BCUT2D eigenvalue weighted by Crippen LogP contribution is -2.00. The summed E-state index contributed by atoms with van der Waals surface area (Å²) in [5.74, 6) is 0. The molecule has 0 bridgehead atoms. The Hall–Kier alpha value is -1.99. The minimum absolute atomic E-state index is 0.794. The lowest BCUT2D eigenvalue weighted by atomic mass is 9.98. The first-order valence-corrected chi connectivity index (χ1v) is 11.0. The Balaban J connectivity index is 1.81. The number of hydrogen-bond acceptors (Lipinski definition) is 0. The summed E-state index contributed by atoms with van der Waals surface area (Å²) < 4.78 is 2.41. The SMILES string of the molecule is CCCCCCCCc1cn(Cc2ccccc2)c(C)c1-c1ccc(Cl)cc1. The van der Waals surface area contributed by atoms with E-state index in [1.807, 2.05) is 12.1 Å². The molecule has 0 unspecified atom stereocenters. The predicted molar refractivity (Wildman–Crippen MR) is 122 cm³/mol. The molecule has 0 N–H and O–H groups in total. The van der Waals surface area contributed by atoms with Crippen LogP contribution in [-0.2, 0) is 13.0 Å². The average molecular weight is 394 g/mol. The van der Waals surface area contributed by atoms with E-state index in [0.29, 0.717) is 0 Å². The number of aryl methyl sites for hydroxylation is 1. The molecule has 0 fully saturated rings. The number of aromatic nitrogens is 1. The second kappa shape index (κ2) is 10.5. The predicted octanol–water partition coefficient (Wildman–Crippen LogP) is 8.07. The van der Waals surface area contributed by atoms with Crippen molar-refractivity contribution >= 4 is 11.6 Å². The lowest BCUT2D eigenvalue weighted by Gasteiger charge is -2.09. The van der Waals surface area contributed by atoms with E-state index in [9.17, 15) is 0 Å². The van der Waals surface area contributed by atoms with Gasteiger partial charge in [-0.3, -0.25) is 0 Å². The molecule has 28 heavy (non-hydrogen) atoms. The number of hydrogen-bond donors (Lipinski definition) is 0. The van der Waals surface area contributed by atoms with Crippen molar-refractivity contribution in [3.05, 3.63) is 82.6 Å². The zero-order valence-corrected chi connectivity index (χ0v) is 18.0.